The summed E-state index contributed by atoms with van der Waals surface area (Å²) in [5.74, 6) is 0.719. The summed E-state index contributed by atoms with van der Waals surface area (Å²) in [7, 11) is 0. The van der Waals surface area contributed by atoms with E-state index >= 15 is 0 Å². The molecule has 0 unspecified atom stereocenters. The lowest BCUT2D eigenvalue weighted by molar-refractivity contribution is 0.0470. The lowest BCUT2D eigenvalue weighted by Crippen LogP contribution is -2.48. The number of ether oxygens (including phenoxy) is 2. The molecule has 1 aromatic carbocycles. The van der Waals surface area contributed by atoms with Crippen LogP contribution < -0.4 is 10.1 Å². The van der Waals surface area contributed by atoms with Crippen LogP contribution in [-0.2, 0) is 11.3 Å². The molecule has 0 saturated carbocycles. The number of piperidine rings is 1. The molecule has 1 N–H and O–H groups in total. The molecule has 1 aliphatic rings. The molecular formula is C19H29ClN2O3. The normalized spacial score (nSPS) is 18.7. The highest BCUT2D eigenvalue weighted by Gasteiger charge is 2.24. The van der Waals surface area contributed by atoms with Crippen molar-refractivity contribution in [3.63, 3.8) is 0 Å². The Balaban J connectivity index is 1.88. The molecule has 6 heteroatoms. The van der Waals surface area contributed by atoms with Crippen LogP contribution in [0.2, 0.25) is 5.02 Å². The van der Waals surface area contributed by atoms with Gasteiger partial charge in [-0.1, -0.05) is 17.7 Å². The van der Waals surface area contributed by atoms with Gasteiger partial charge in [0.15, 0.2) is 0 Å². The van der Waals surface area contributed by atoms with E-state index in [0.717, 1.165) is 43.8 Å². The highest BCUT2D eigenvalue weighted by molar-refractivity contribution is 6.32. The highest BCUT2D eigenvalue weighted by Crippen LogP contribution is 2.26. The number of hydrogen-bond donors (Lipinski definition) is 1. The Hall–Kier alpha value is -1.46. The summed E-state index contributed by atoms with van der Waals surface area (Å²) in [4.78, 5) is 14.3. The number of rotatable bonds is 5. The van der Waals surface area contributed by atoms with Gasteiger partial charge in [-0.2, -0.15) is 0 Å². The molecule has 25 heavy (non-hydrogen) atoms. The van der Waals surface area contributed by atoms with Crippen molar-refractivity contribution in [2.24, 2.45) is 0 Å². The van der Waals surface area contributed by atoms with Crippen molar-refractivity contribution in [2.45, 2.75) is 58.7 Å². The van der Waals surface area contributed by atoms with E-state index in [0.29, 0.717) is 11.6 Å². The van der Waals surface area contributed by atoms with Crippen LogP contribution >= 0.6 is 11.6 Å². The second-order valence-corrected chi connectivity index (χ2v) is 7.83. The van der Waals surface area contributed by atoms with Crippen molar-refractivity contribution in [3.05, 3.63) is 28.8 Å². The fraction of sp³-hybridized carbons (Fsp3) is 0.632. The predicted octanol–water partition coefficient (Wildman–Crippen LogP) is 4.23. The monoisotopic (exact) mass is 368 g/mol. The Bertz CT molecular complexity index is 587. The molecule has 1 amide bonds. The van der Waals surface area contributed by atoms with Crippen LogP contribution in [0.25, 0.3) is 0 Å². The van der Waals surface area contributed by atoms with Gasteiger partial charge in [0.2, 0.25) is 0 Å². The van der Waals surface area contributed by atoms with Gasteiger partial charge in [-0.3, -0.25) is 4.90 Å². The summed E-state index contributed by atoms with van der Waals surface area (Å²) in [6.45, 7) is 10.8. The zero-order chi connectivity index (χ0) is 18.4. The minimum Gasteiger partial charge on any atom is -0.492 e. The first-order chi connectivity index (χ1) is 11.8. The van der Waals surface area contributed by atoms with E-state index in [2.05, 4.69) is 10.2 Å². The number of amides is 1. The van der Waals surface area contributed by atoms with Gasteiger partial charge < -0.3 is 14.8 Å². The van der Waals surface area contributed by atoms with Gasteiger partial charge >= 0.3 is 6.09 Å². The molecule has 1 aliphatic heterocycles. The van der Waals surface area contributed by atoms with Crippen molar-refractivity contribution in [3.8, 4) is 5.75 Å². The molecule has 0 bridgehead atoms. The summed E-state index contributed by atoms with van der Waals surface area (Å²) in [5.41, 5.74) is 0.670. The van der Waals surface area contributed by atoms with Gasteiger partial charge in [0, 0.05) is 19.1 Å². The van der Waals surface area contributed by atoms with E-state index in [9.17, 15) is 4.79 Å². The fourth-order valence-electron chi connectivity index (χ4n) is 2.96. The van der Waals surface area contributed by atoms with Crippen molar-refractivity contribution < 1.29 is 14.3 Å². The van der Waals surface area contributed by atoms with Gasteiger partial charge in [-0.05, 0) is 64.8 Å². The number of nitrogens with zero attached hydrogens (tertiary/aromatic N) is 1. The minimum atomic E-state index is -0.475. The second kappa shape index (κ2) is 8.77. The first-order valence-electron chi connectivity index (χ1n) is 8.90. The summed E-state index contributed by atoms with van der Waals surface area (Å²) >= 11 is 6.27. The Morgan fingerprint density at radius 2 is 2.16 bits per heavy atom. The van der Waals surface area contributed by atoms with E-state index in [1.165, 1.54) is 0 Å². The van der Waals surface area contributed by atoms with Crippen LogP contribution in [0.15, 0.2) is 18.2 Å². The van der Waals surface area contributed by atoms with E-state index in [1.807, 2.05) is 45.9 Å². The fourth-order valence-corrected chi connectivity index (χ4v) is 3.22. The molecule has 1 atom stereocenters. The van der Waals surface area contributed by atoms with Crippen LogP contribution in [-0.4, -0.2) is 42.3 Å². The van der Waals surface area contributed by atoms with E-state index < -0.39 is 5.60 Å². The largest absolute Gasteiger partial charge is 0.492 e. The first kappa shape index (κ1) is 19.9. The third-order valence-corrected chi connectivity index (χ3v) is 4.22. The summed E-state index contributed by atoms with van der Waals surface area (Å²) in [6, 6.07) is 6.03. The van der Waals surface area contributed by atoms with Crippen molar-refractivity contribution in [1.82, 2.24) is 10.2 Å². The molecule has 5 nitrogen and oxygen atoms in total. The van der Waals surface area contributed by atoms with E-state index in [1.54, 1.807) is 0 Å². The first-order valence-corrected chi connectivity index (χ1v) is 9.27. The third kappa shape index (κ3) is 6.75. The average Bonchev–Trinajstić information content (AvgIpc) is 2.48. The van der Waals surface area contributed by atoms with Gasteiger partial charge in [-0.25, -0.2) is 4.79 Å². The number of nitrogens with one attached hydrogen (secondary N) is 1. The summed E-state index contributed by atoms with van der Waals surface area (Å²) in [6.07, 6.45) is 1.67. The Morgan fingerprint density at radius 3 is 2.80 bits per heavy atom. The van der Waals surface area contributed by atoms with E-state index in [-0.39, 0.29) is 12.1 Å². The molecule has 1 heterocycles. The Morgan fingerprint density at radius 1 is 1.40 bits per heavy atom. The number of halogens is 1. The predicted molar refractivity (Wildman–Crippen MR) is 100 cm³/mol. The van der Waals surface area contributed by atoms with Crippen LogP contribution in [0.3, 0.4) is 0 Å². The number of hydrogen-bond acceptors (Lipinski definition) is 4. The molecule has 1 saturated heterocycles. The smallest absolute Gasteiger partial charge is 0.407 e. The van der Waals surface area contributed by atoms with Gasteiger partial charge in [0.05, 0.1) is 11.6 Å². The maximum Gasteiger partial charge on any atom is 0.407 e. The average molecular weight is 369 g/mol. The molecular weight excluding hydrogens is 340 g/mol. The molecule has 0 aliphatic carbocycles. The SMILES string of the molecule is CCOc1ccc(CN2CCC[C@H](NC(=O)OC(C)(C)C)C2)cc1Cl. The van der Waals surface area contributed by atoms with Crippen molar-refractivity contribution in [2.75, 3.05) is 19.7 Å². The van der Waals surface area contributed by atoms with Gasteiger partial charge in [-0.15, -0.1) is 0 Å². The summed E-state index contributed by atoms with van der Waals surface area (Å²) in [5, 5.41) is 3.62. The molecule has 2 rings (SSSR count). The summed E-state index contributed by atoms with van der Waals surface area (Å²) < 4.78 is 10.8. The number of benzene rings is 1. The Labute approximate surface area is 155 Å². The Kier molecular flexibility index (Phi) is 6.96. The van der Waals surface area contributed by atoms with Crippen molar-refractivity contribution >= 4 is 17.7 Å². The molecule has 1 fully saturated rings. The third-order valence-electron chi connectivity index (χ3n) is 3.93. The van der Waals surface area contributed by atoms with Crippen LogP contribution in [0, 0.1) is 0 Å². The highest BCUT2D eigenvalue weighted by atomic mass is 35.5. The molecule has 0 radical (unpaired) electrons. The van der Waals surface area contributed by atoms with E-state index in [4.69, 9.17) is 21.1 Å². The maximum absolute atomic E-state index is 12.0. The van der Waals surface area contributed by atoms with Gasteiger partial charge in [0.1, 0.15) is 11.4 Å². The van der Waals surface area contributed by atoms with Crippen LogP contribution in [0.1, 0.15) is 46.1 Å². The number of carbonyl (C=O) groups is 1. The number of likely N-dealkylation sites (tertiary alicyclic amines) is 1. The standard InChI is InChI=1S/C19H29ClN2O3/c1-5-24-17-9-8-14(11-16(17)20)12-22-10-6-7-15(13-22)21-18(23)25-19(2,3)4/h8-9,11,15H,5-7,10,12-13H2,1-4H3,(H,21,23)/t15-/m0/s1. The second-order valence-electron chi connectivity index (χ2n) is 7.42. The number of alkyl carbamates (subject to hydrolysis) is 1. The van der Waals surface area contributed by atoms with Crippen LogP contribution in [0.5, 0.6) is 5.75 Å². The number of carbonyl (C=O) groups excluding carboxylic acids is 1. The van der Waals surface area contributed by atoms with Crippen LogP contribution in [0.4, 0.5) is 4.79 Å². The molecule has 140 valence electrons. The minimum absolute atomic E-state index is 0.113. The van der Waals surface area contributed by atoms with Gasteiger partial charge in [0.25, 0.3) is 0 Å². The lowest BCUT2D eigenvalue weighted by atomic mass is 10.0. The molecule has 1 aromatic rings. The quantitative estimate of drug-likeness (QED) is 0.845. The zero-order valence-corrected chi connectivity index (χ0v) is 16.4. The zero-order valence-electron chi connectivity index (χ0n) is 15.6. The van der Waals surface area contributed by atoms with Crippen molar-refractivity contribution in [1.29, 1.82) is 0 Å². The molecule has 0 aromatic heterocycles. The molecule has 0 spiro atoms. The topological polar surface area (TPSA) is 50.8 Å². The lowest BCUT2D eigenvalue weighted by Gasteiger charge is -2.33. The maximum atomic E-state index is 12.0.